The summed E-state index contributed by atoms with van der Waals surface area (Å²) in [5.41, 5.74) is 2.97. The SMILES string of the molecule is CC[C@]1(C)NC(=O)N(CC(=O)OCc2c(C)cc(C)c(C(C)=O)c2C)C1=O. The molecular formula is C20H26N2O5. The smallest absolute Gasteiger partial charge is 0.326 e. The number of aryl methyl sites for hydroxylation is 2. The molecule has 0 unspecified atom stereocenters. The molecule has 1 heterocycles. The Balaban J connectivity index is 2.11. The van der Waals surface area contributed by atoms with E-state index in [-0.39, 0.29) is 12.4 Å². The number of esters is 1. The highest BCUT2D eigenvalue weighted by Gasteiger charge is 2.47. The minimum atomic E-state index is -0.988. The van der Waals surface area contributed by atoms with Crippen LogP contribution in [-0.4, -0.2) is 40.7 Å². The summed E-state index contributed by atoms with van der Waals surface area (Å²) in [4.78, 5) is 49.3. The minimum Gasteiger partial charge on any atom is -0.459 e. The number of ether oxygens (including phenoxy) is 1. The molecule has 1 aliphatic heterocycles. The van der Waals surface area contributed by atoms with Gasteiger partial charge in [0.1, 0.15) is 18.7 Å². The van der Waals surface area contributed by atoms with E-state index < -0.39 is 30.0 Å². The Morgan fingerprint density at radius 2 is 1.81 bits per heavy atom. The monoisotopic (exact) mass is 374 g/mol. The van der Waals surface area contributed by atoms with Gasteiger partial charge in [-0.1, -0.05) is 13.0 Å². The number of ketones is 1. The van der Waals surface area contributed by atoms with E-state index in [1.165, 1.54) is 6.92 Å². The lowest BCUT2D eigenvalue weighted by Gasteiger charge is -2.19. The van der Waals surface area contributed by atoms with Crippen molar-refractivity contribution >= 4 is 23.7 Å². The number of nitrogens with one attached hydrogen (secondary N) is 1. The average Bonchev–Trinajstić information content (AvgIpc) is 2.77. The third-order valence-corrected chi connectivity index (χ3v) is 5.20. The molecule has 0 spiro atoms. The molecule has 1 fully saturated rings. The molecule has 0 aliphatic carbocycles. The maximum atomic E-state index is 12.3. The Morgan fingerprint density at radius 1 is 1.19 bits per heavy atom. The highest BCUT2D eigenvalue weighted by molar-refractivity contribution is 6.08. The van der Waals surface area contributed by atoms with E-state index in [1.807, 2.05) is 26.8 Å². The molecule has 1 atom stereocenters. The van der Waals surface area contributed by atoms with Crippen LogP contribution in [0.1, 0.15) is 59.8 Å². The molecule has 27 heavy (non-hydrogen) atoms. The molecule has 1 aliphatic rings. The Labute approximate surface area is 159 Å². The quantitative estimate of drug-likeness (QED) is 0.469. The lowest BCUT2D eigenvalue weighted by molar-refractivity contribution is -0.148. The van der Waals surface area contributed by atoms with Gasteiger partial charge in [0.25, 0.3) is 5.91 Å². The molecule has 1 aromatic carbocycles. The number of Topliss-reactive ketones (excluding diaryl/α,β-unsaturated/α-hetero) is 1. The van der Waals surface area contributed by atoms with Gasteiger partial charge < -0.3 is 10.1 Å². The number of hydrogen-bond donors (Lipinski definition) is 1. The van der Waals surface area contributed by atoms with Crippen LogP contribution >= 0.6 is 0 Å². The molecule has 0 bridgehead atoms. The number of rotatable bonds is 6. The molecule has 1 aromatic rings. The Hall–Kier alpha value is -2.70. The second kappa shape index (κ2) is 7.50. The fourth-order valence-electron chi connectivity index (χ4n) is 3.45. The third-order valence-electron chi connectivity index (χ3n) is 5.20. The van der Waals surface area contributed by atoms with E-state index in [0.717, 1.165) is 27.2 Å². The van der Waals surface area contributed by atoms with Gasteiger partial charge in [-0.2, -0.15) is 0 Å². The van der Waals surface area contributed by atoms with Gasteiger partial charge in [0, 0.05) is 5.56 Å². The largest absolute Gasteiger partial charge is 0.459 e. The summed E-state index contributed by atoms with van der Waals surface area (Å²) in [6.07, 6.45) is 0.429. The van der Waals surface area contributed by atoms with Crippen LogP contribution in [0, 0.1) is 20.8 Å². The highest BCUT2D eigenvalue weighted by atomic mass is 16.5. The van der Waals surface area contributed by atoms with Crippen LogP contribution in [-0.2, 0) is 20.9 Å². The number of hydrogen-bond acceptors (Lipinski definition) is 5. The Kier molecular flexibility index (Phi) is 5.73. The van der Waals surface area contributed by atoms with Crippen LogP contribution in [0.3, 0.4) is 0 Å². The van der Waals surface area contributed by atoms with Crippen molar-refractivity contribution in [1.29, 1.82) is 0 Å². The van der Waals surface area contributed by atoms with Gasteiger partial charge in [0.15, 0.2) is 5.78 Å². The van der Waals surface area contributed by atoms with Gasteiger partial charge in [0.2, 0.25) is 0 Å². The second-order valence-corrected chi connectivity index (χ2v) is 7.21. The van der Waals surface area contributed by atoms with Crippen molar-refractivity contribution < 1.29 is 23.9 Å². The first-order valence-electron chi connectivity index (χ1n) is 8.92. The lowest BCUT2D eigenvalue weighted by Crippen LogP contribution is -2.43. The zero-order valence-electron chi connectivity index (χ0n) is 16.7. The van der Waals surface area contributed by atoms with Gasteiger partial charge in [-0.05, 0) is 63.3 Å². The molecule has 2 rings (SSSR count). The van der Waals surface area contributed by atoms with Crippen LogP contribution in [0.5, 0.6) is 0 Å². The van der Waals surface area contributed by atoms with E-state index >= 15 is 0 Å². The van der Waals surface area contributed by atoms with E-state index in [1.54, 1.807) is 13.8 Å². The first kappa shape index (κ1) is 20.6. The second-order valence-electron chi connectivity index (χ2n) is 7.21. The van der Waals surface area contributed by atoms with Crippen molar-refractivity contribution in [2.75, 3.05) is 6.54 Å². The van der Waals surface area contributed by atoms with Crippen LogP contribution < -0.4 is 5.32 Å². The first-order valence-corrected chi connectivity index (χ1v) is 8.92. The summed E-state index contributed by atoms with van der Waals surface area (Å²) in [6, 6.07) is 1.29. The zero-order valence-corrected chi connectivity index (χ0v) is 16.7. The van der Waals surface area contributed by atoms with Gasteiger partial charge in [-0.3, -0.25) is 19.3 Å². The molecule has 0 aromatic heterocycles. The molecule has 7 heteroatoms. The summed E-state index contributed by atoms with van der Waals surface area (Å²) in [5, 5.41) is 2.60. The Morgan fingerprint density at radius 3 is 2.33 bits per heavy atom. The molecule has 146 valence electrons. The molecule has 0 saturated carbocycles. The normalized spacial score (nSPS) is 19.3. The van der Waals surface area contributed by atoms with E-state index in [9.17, 15) is 19.2 Å². The van der Waals surface area contributed by atoms with Crippen molar-refractivity contribution in [2.24, 2.45) is 0 Å². The third kappa shape index (κ3) is 3.86. The standard InChI is InChI=1S/C20H26N2O5/c1-7-20(6)18(25)22(19(26)21-20)9-16(24)27-10-15-11(2)8-12(3)17(13(15)4)14(5)23/h8H,7,9-10H2,1-6H3,(H,21,26)/t20-/m0/s1. The minimum absolute atomic E-state index is 0.0221. The van der Waals surface area contributed by atoms with E-state index in [4.69, 9.17) is 4.74 Å². The maximum Gasteiger partial charge on any atom is 0.326 e. The number of imide groups is 1. The summed E-state index contributed by atoms with van der Waals surface area (Å²) in [6.45, 7) is 10.0. The van der Waals surface area contributed by atoms with Crippen molar-refractivity contribution in [3.8, 4) is 0 Å². The summed E-state index contributed by atoms with van der Waals surface area (Å²) >= 11 is 0. The Bertz CT molecular complexity index is 830. The molecule has 3 amide bonds. The first-order chi connectivity index (χ1) is 12.5. The maximum absolute atomic E-state index is 12.3. The fraction of sp³-hybridized carbons (Fsp3) is 0.500. The van der Waals surface area contributed by atoms with Gasteiger partial charge >= 0.3 is 12.0 Å². The fourth-order valence-corrected chi connectivity index (χ4v) is 3.45. The number of carbonyl (C=O) groups is 4. The van der Waals surface area contributed by atoms with E-state index in [0.29, 0.717) is 12.0 Å². The van der Waals surface area contributed by atoms with Gasteiger partial charge in [-0.25, -0.2) is 4.79 Å². The molecule has 1 N–H and O–H groups in total. The molecule has 0 radical (unpaired) electrons. The summed E-state index contributed by atoms with van der Waals surface area (Å²) in [5.74, 6) is -1.16. The van der Waals surface area contributed by atoms with Crippen LogP contribution in [0.4, 0.5) is 4.79 Å². The predicted octanol–water partition coefficient (Wildman–Crippen LogP) is 2.58. The van der Waals surface area contributed by atoms with Crippen LogP contribution in [0.15, 0.2) is 6.07 Å². The number of carbonyl (C=O) groups excluding carboxylic acids is 4. The van der Waals surface area contributed by atoms with Crippen molar-refractivity contribution in [3.63, 3.8) is 0 Å². The number of amides is 3. The summed E-state index contributed by atoms with van der Waals surface area (Å²) < 4.78 is 5.30. The summed E-state index contributed by atoms with van der Waals surface area (Å²) in [7, 11) is 0. The van der Waals surface area contributed by atoms with Crippen molar-refractivity contribution in [3.05, 3.63) is 33.9 Å². The van der Waals surface area contributed by atoms with E-state index in [2.05, 4.69) is 5.32 Å². The predicted molar refractivity (Wildman–Crippen MR) is 99.4 cm³/mol. The lowest BCUT2D eigenvalue weighted by atomic mass is 9.92. The number of urea groups is 1. The van der Waals surface area contributed by atoms with Gasteiger partial charge in [0.05, 0.1) is 0 Å². The topological polar surface area (TPSA) is 92.8 Å². The number of benzene rings is 1. The van der Waals surface area contributed by atoms with Gasteiger partial charge in [-0.15, -0.1) is 0 Å². The molecule has 1 saturated heterocycles. The highest BCUT2D eigenvalue weighted by Crippen LogP contribution is 2.24. The molecule has 7 nitrogen and oxygen atoms in total. The molecular weight excluding hydrogens is 348 g/mol. The van der Waals surface area contributed by atoms with Crippen LogP contribution in [0.25, 0.3) is 0 Å². The average molecular weight is 374 g/mol. The zero-order chi connectivity index (χ0) is 20.5. The number of nitrogens with zero attached hydrogens (tertiary/aromatic N) is 1. The van der Waals surface area contributed by atoms with Crippen LogP contribution in [0.2, 0.25) is 0 Å². The van der Waals surface area contributed by atoms with Crippen molar-refractivity contribution in [1.82, 2.24) is 10.2 Å². The van der Waals surface area contributed by atoms with Crippen molar-refractivity contribution in [2.45, 2.75) is 60.1 Å².